The third-order valence-electron chi connectivity index (χ3n) is 2.60. The van der Waals surface area contributed by atoms with Crippen LogP contribution in [-0.2, 0) is 16.6 Å². The Morgan fingerprint density at radius 2 is 2.06 bits per heavy atom. The first-order chi connectivity index (χ1) is 8.37. The van der Waals surface area contributed by atoms with Crippen molar-refractivity contribution in [2.24, 2.45) is 5.92 Å². The van der Waals surface area contributed by atoms with Gasteiger partial charge in [-0.25, -0.2) is 8.42 Å². The quantitative estimate of drug-likeness (QED) is 0.821. The molecule has 0 saturated heterocycles. The first kappa shape index (κ1) is 15.2. The van der Waals surface area contributed by atoms with Crippen molar-refractivity contribution >= 4 is 10.0 Å². The van der Waals surface area contributed by atoms with Gasteiger partial charge in [0.2, 0.25) is 5.09 Å². The summed E-state index contributed by atoms with van der Waals surface area (Å²) in [5.41, 5.74) is 0. The third kappa shape index (κ3) is 3.83. The zero-order valence-electron chi connectivity index (χ0n) is 11.4. The van der Waals surface area contributed by atoms with Crippen LogP contribution in [0, 0.1) is 5.92 Å². The van der Waals surface area contributed by atoms with Gasteiger partial charge in [-0.3, -0.25) is 0 Å². The maximum absolute atomic E-state index is 12.0. The molecule has 0 aromatic carbocycles. The molecule has 1 aromatic rings. The number of hydrogen-bond acceptors (Lipinski definition) is 4. The van der Waals surface area contributed by atoms with Crippen molar-refractivity contribution < 1.29 is 12.8 Å². The van der Waals surface area contributed by atoms with Crippen LogP contribution in [0.4, 0.5) is 0 Å². The van der Waals surface area contributed by atoms with E-state index in [-0.39, 0.29) is 5.09 Å². The van der Waals surface area contributed by atoms with Gasteiger partial charge in [0.05, 0.1) is 6.54 Å². The number of furan rings is 1. The number of nitrogens with zero attached hydrogens (tertiary/aromatic N) is 1. The van der Waals surface area contributed by atoms with Crippen LogP contribution >= 0.6 is 0 Å². The predicted octanol–water partition coefficient (Wildman–Crippen LogP) is 1.67. The Labute approximate surface area is 109 Å². The van der Waals surface area contributed by atoms with Gasteiger partial charge in [0.15, 0.2) is 0 Å². The van der Waals surface area contributed by atoms with E-state index in [9.17, 15) is 8.42 Å². The number of hydrogen-bond donors (Lipinski definition) is 1. The molecule has 0 aliphatic carbocycles. The molecule has 104 valence electrons. The van der Waals surface area contributed by atoms with Crippen LogP contribution in [0.25, 0.3) is 0 Å². The summed E-state index contributed by atoms with van der Waals surface area (Å²) in [6.45, 7) is 7.85. The fourth-order valence-electron chi connectivity index (χ4n) is 1.40. The Morgan fingerprint density at radius 3 is 2.61 bits per heavy atom. The molecule has 1 aromatic heterocycles. The van der Waals surface area contributed by atoms with E-state index in [1.54, 1.807) is 13.0 Å². The Morgan fingerprint density at radius 1 is 1.39 bits per heavy atom. The minimum Gasteiger partial charge on any atom is -0.447 e. The minimum absolute atomic E-state index is 0.00759. The predicted molar refractivity (Wildman–Crippen MR) is 70.7 cm³/mol. The average Bonchev–Trinajstić information content (AvgIpc) is 2.76. The van der Waals surface area contributed by atoms with Crippen LogP contribution in [0.2, 0.25) is 0 Å². The molecule has 1 heterocycles. The Hall–Kier alpha value is -0.850. The van der Waals surface area contributed by atoms with Gasteiger partial charge in [-0.05, 0) is 24.6 Å². The molecule has 0 saturated carbocycles. The van der Waals surface area contributed by atoms with Gasteiger partial charge in [-0.1, -0.05) is 20.8 Å². The van der Waals surface area contributed by atoms with Crippen molar-refractivity contribution in [3.8, 4) is 0 Å². The normalized spacial score (nSPS) is 12.6. The largest absolute Gasteiger partial charge is 0.447 e. The van der Waals surface area contributed by atoms with Crippen molar-refractivity contribution in [3.63, 3.8) is 0 Å². The van der Waals surface area contributed by atoms with Gasteiger partial charge >= 0.3 is 0 Å². The molecule has 18 heavy (non-hydrogen) atoms. The van der Waals surface area contributed by atoms with Crippen molar-refractivity contribution in [1.29, 1.82) is 0 Å². The maximum Gasteiger partial charge on any atom is 0.276 e. The Bertz CT molecular complexity index is 465. The van der Waals surface area contributed by atoms with Crippen LogP contribution in [0.15, 0.2) is 21.6 Å². The first-order valence-corrected chi connectivity index (χ1v) is 7.57. The van der Waals surface area contributed by atoms with E-state index >= 15 is 0 Å². The summed E-state index contributed by atoms with van der Waals surface area (Å²) in [6.07, 6.45) is 0. The standard InChI is InChI=1S/C12H22N2O3S/c1-5-14(4)18(15,16)12-7-6-11(17-12)9-13-8-10(2)3/h6-7,10,13H,5,8-9H2,1-4H3. The van der Waals surface area contributed by atoms with E-state index in [0.717, 1.165) is 6.54 Å². The molecule has 0 bridgehead atoms. The topological polar surface area (TPSA) is 62.6 Å². The fraction of sp³-hybridized carbons (Fsp3) is 0.667. The number of sulfonamides is 1. The van der Waals surface area contributed by atoms with E-state index in [0.29, 0.717) is 24.8 Å². The highest BCUT2D eigenvalue weighted by atomic mass is 32.2. The van der Waals surface area contributed by atoms with Crippen LogP contribution in [0.5, 0.6) is 0 Å². The summed E-state index contributed by atoms with van der Waals surface area (Å²) in [6, 6.07) is 3.21. The van der Waals surface area contributed by atoms with Gasteiger partial charge in [-0.15, -0.1) is 0 Å². The molecule has 5 nitrogen and oxygen atoms in total. The lowest BCUT2D eigenvalue weighted by atomic mass is 10.2. The van der Waals surface area contributed by atoms with Gasteiger partial charge in [-0.2, -0.15) is 4.31 Å². The molecule has 0 unspecified atom stereocenters. The SMILES string of the molecule is CCN(C)S(=O)(=O)c1ccc(CNCC(C)C)o1. The highest BCUT2D eigenvalue weighted by molar-refractivity contribution is 7.89. The average molecular weight is 274 g/mol. The van der Waals surface area contributed by atoms with Crippen molar-refractivity contribution in [2.75, 3.05) is 20.1 Å². The van der Waals surface area contributed by atoms with Gasteiger partial charge in [0.25, 0.3) is 10.0 Å². The molecule has 0 radical (unpaired) electrons. The molecule has 0 aliphatic heterocycles. The van der Waals surface area contributed by atoms with Gasteiger partial charge < -0.3 is 9.73 Å². The zero-order chi connectivity index (χ0) is 13.8. The molecule has 1 rings (SSSR count). The molecule has 0 fully saturated rings. The summed E-state index contributed by atoms with van der Waals surface area (Å²) >= 11 is 0. The highest BCUT2D eigenvalue weighted by Gasteiger charge is 2.23. The second kappa shape index (κ2) is 6.36. The van der Waals surface area contributed by atoms with E-state index in [1.165, 1.54) is 17.4 Å². The Balaban J connectivity index is 2.69. The smallest absolute Gasteiger partial charge is 0.276 e. The number of nitrogens with one attached hydrogen (secondary N) is 1. The van der Waals surface area contributed by atoms with Crippen LogP contribution in [0.3, 0.4) is 0 Å². The Kier molecular flexibility index (Phi) is 5.37. The van der Waals surface area contributed by atoms with Crippen LogP contribution < -0.4 is 5.32 Å². The first-order valence-electron chi connectivity index (χ1n) is 6.13. The molecule has 6 heteroatoms. The maximum atomic E-state index is 12.0. The summed E-state index contributed by atoms with van der Waals surface area (Å²) in [5, 5.41) is 3.21. The van der Waals surface area contributed by atoms with E-state index in [1.807, 2.05) is 0 Å². The van der Waals surface area contributed by atoms with Crippen LogP contribution in [0.1, 0.15) is 26.5 Å². The third-order valence-corrected chi connectivity index (χ3v) is 4.41. The van der Waals surface area contributed by atoms with Crippen LogP contribution in [-0.4, -0.2) is 32.9 Å². The molecule has 0 spiro atoms. The fourth-order valence-corrected chi connectivity index (χ4v) is 2.50. The lowest BCUT2D eigenvalue weighted by molar-refractivity contribution is 0.380. The molecular formula is C12H22N2O3S. The summed E-state index contributed by atoms with van der Waals surface area (Å²) in [4.78, 5) is 0. The lowest BCUT2D eigenvalue weighted by Gasteiger charge is -2.12. The van der Waals surface area contributed by atoms with Gasteiger partial charge in [0, 0.05) is 13.6 Å². The van der Waals surface area contributed by atoms with Crippen molar-refractivity contribution in [2.45, 2.75) is 32.4 Å². The lowest BCUT2D eigenvalue weighted by Crippen LogP contribution is -2.26. The minimum atomic E-state index is -3.47. The number of rotatable bonds is 7. The highest BCUT2D eigenvalue weighted by Crippen LogP contribution is 2.17. The second-order valence-corrected chi connectivity index (χ2v) is 6.64. The zero-order valence-corrected chi connectivity index (χ0v) is 12.3. The second-order valence-electron chi connectivity index (χ2n) is 4.66. The summed E-state index contributed by atoms with van der Waals surface area (Å²) in [7, 11) is -1.93. The van der Waals surface area contributed by atoms with E-state index in [4.69, 9.17) is 4.42 Å². The molecule has 0 aliphatic rings. The molecular weight excluding hydrogens is 252 g/mol. The van der Waals surface area contributed by atoms with Crippen molar-refractivity contribution in [3.05, 3.63) is 17.9 Å². The molecule has 1 N–H and O–H groups in total. The monoisotopic (exact) mass is 274 g/mol. The molecule has 0 amide bonds. The molecule has 0 atom stereocenters. The summed E-state index contributed by atoms with van der Waals surface area (Å²) in [5.74, 6) is 1.19. The van der Waals surface area contributed by atoms with Gasteiger partial charge in [0.1, 0.15) is 5.76 Å². The van der Waals surface area contributed by atoms with E-state index < -0.39 is 10.0 Å². The summed E-state index contributed by atoms with van der Waals surface area (Å²) < 4.78 is 30.6. The van der Waals surface area contributed by atoms with Crippen molar-refractivity contribution in [1.82, 2.24) is 9.62 Å². The van der Waals surface area contributed by atoms with E-state index in [2.05, 4.69) is 19.2 Å².